The highest BCUT2D eigenvalue weighted by Crippen LogP contribution is 2.12. The zero-order valence-corrected chi connectivity index (χ0v) is 7.50. The quantitative estimate of drug-likeness (QED) is 0.739. The van der Waals surface area contributed by atoms with Crippen LogP contribution >= 0.6 is 0 Å². The first kappa shape index (κ1) is 9.23. The molecule has 1 N–H and O–H groups in total. The van der Waals surface area contributed by atoms with Crippen LogP contribution in [0.25, 0.3) is 0 Å². The van der Waals surface area contributed by atoms with E-state index < -0.39 is 0 Å². The molecule has 0 heterocycles. The van der Waals surface area contributed by atoms with Gasteiger partial charge in [-0.15, -0.1) is 0 Å². The molecule has 2 nitrogen and oxygen atoms in total. The molecule has 0 spiro atoms. The molecule has 2 heteroatoms. The first-order valence-corrected chi connectivity index (χ1v) is 3.96. The van der Waals surface area contributed by atoms with E-state index in [-0.39, 0.29) is 6.61 Å². The molecule has 12 heavy (non-hydrogen) atoms. The van der Waals surface area contributed by atoms with Crippen molar-refractivity contribution in [3.8, 4) is 0 Å². The molecule has 1 aromatic rings. The summed E-state index contributed by atoms with van der Waals surface area (Å²) in [6.07, 6.45) is 0. The van der Waals surface area contributed by atoms with Gasteiger partial charge in [-0.2, -0.15) is 0 Å². The highest BCUT2D eigenvalue weighted by molar-refractivity contribution is 5.30. The average Bonchev–Trinajstić information content (AvgIpc) is 2.08. The standard InChI is InChI=1S/C10H14O2/c1-8-3-4-9(7-12-2)10(5-8)6-11/h3-5,11H,6-7H2,1-2H3. The van der Waals surface area contributed by atoms with Crippen LogP contribution in [0.15, 0.2) is 18.2 Å². The Kier molecular flexibility index (Phi) is 3.26. The monoisotopic (exact) mass is 166 g/mol. The minimum atomic E-state index is 0.0837. The van der Waals surface area contributed by atoms with Crippen LogP contribution in [0, 0.1) is 6.92 Å². The zero-order chi connectivity index (χ0) is 8.97. The van der Waals surface area contributed by atoms with Crippen LogP contribution in [0.5, 0.6) is 0 Å². The summed E-state index contributed by atoms with van der Waals surface area (Å²) in [7, 11) is 1.65. The minimum absolute atomic E-state index is 0.0837. The smallest absolute Gasteiger partial charge is 0.0716 e. The van der Waals surface area contributed by atoms with Gasteiger partial charge in [0, 0.05) is 7.11 Å². The molecule has 1 aromatic carbocycles. The van der Waals surface area contributed by atoms with Crippen molar-refractivity contribution in [1.82, 2.24) is 0 Å². The van der Waals surface area contributed by atoms with Gasteiger partial charge in [0.25, 0.3) is 0 Å². The molecule has 0 aromatic heterocycles. The van der Waals surface area contributed by atoms with Crippen molar-refractivity contribution < 1.29 is 9.84 Å². The Hall–Kier alpha value is -0.860. The van der Waals surface area contributed by atoms with E-state index in [0.717, 1.165) is 11.1 Å². The summed E-state index contributed by atoms with van der Waals surface area (Å²) >= 11 is 0. The third-order valence-electron chi connectivity index (χ3n) is 1.83. The van der Waals surface area contributed by atoms with Gasteiger partial charge in [0.05, 0.1) is 13.2 Å². The number of hydrogen-bond acceptors (Lipinski definition) is 2. The Labute approximate surface area is 72.8 Å². The fourth-order valence-corrected chi connectivity index (χ4v) is 1.20. The van der Waals surface area contributed by atoms with Crippen molar-refractivity contribution in [2.24, 2.45) is 0 Å². The van der Waals surface area contributed by atoms with E-state index in [1.165, 1.54) is 5.56 Å². The minimum Gasteiger partial charge on any atom is -0.392 e. The first-order chi connectivity index (χ1) is 5.77. The lowest BCUT2D eigenvalue weighted by molar-refractivity contribution is 0.181. The zero-order valence-electron chi connectivity index (χ0n) is 7.50. The van der Waals surface area contributed by atoms with Gasteiger partial charge < -0.3 is 9.84 Å². The van der Waals surface area contributed by atoms with E-state index in [1.807, 2.05) is 25.1 Å². The van der Waals surface area contributed by atoms with Gasteiger partial charge in [0.2, 0.25) is 0 Å². The Morgan fingerprint density at radius 3 is 2.67 bits per heavy atom. The van der Waals surface area contributed by atoms with Crippen LogP contribution in [0.2, 0.25) is 0 Å². The van der Waals surface area contributed by atoms with E-state index in [4.69, 9.17) is 9.84 Å². The molecule has 0 saturated carbocycles. The second-order valence-corrected chi connectivity index (χ2v) is 2.86. The van der Waals surface area contributed by atoms with Gasteiger partial charge in [-0.25, -0.2) is 0 Å². The van der Waals surface area contributed by atoms with Gasteiger partial charge in [-0.3, -0.25) is 0 Å². The van der Waals surface area contributed by atoms with Crippen LogP contribution in [0.1, 0.15) is 16.7 Å². The lowest BCUT2D eigenvalue weighted by Crippen LogP contribution is -1.96. The molecule has 0 aliphatic carbocycles. The number of aliphatic hydroxyl groups excluding tert-OH is 1. The highest BCUT2D eigenvalue weighted by atomic mass is 16.5. The predicted molar refractivity (Wildman–Crippen MR) is 47.8 cm³/mol. The summed E-state index contributed by atoms with van der Waals surface area (Å²) in [4.78, 5) is 0. The predicted octanol–water partition coefficient (Wildman–Crippen LogP) is 1.63. The molecule has 0 unspecified atom stereocenters. The Balaban J connectivity index is 2.94. The number of rotatable bonds is 3. The molecule has 0 bridgehead atoms. The molecular formula is C10H14O2. The summed E-state index contributed by atoms with van der Waals surface area (Å²) in [5.41, 5.74) is 3.18. The van der Waals surface area contributed by atoms with Gasteiger partial charge >= 0.3 is 0 Å². The van der Waals surface area contributed by atoms with Gasteiger partial charge in [-0.05, 0) is 18.1 Å². The lowest BCUT2D eigenvalue weighted by Gasteiger charge is -2.06. The summed E-state index contributed by atoms with van der Waals surface area (Å²) < 4.78 is 5.00. The molecule has 0 amide bonds. The molecular weight excluding hydrogens is 152 g/mol. The second kappa shape index (κ2) is 4.24. The second-order valence-electron chi connectivity index (χ2n) is 2.86. The molecule has 0 radical (unpaired) electrons. The van der Waals surface area contributed by atoms with Crippen molar-refractivity contribution in [3.63, 3.8) is 0 Å². The molecule has 0 aliphatic rings. The van der Waals surface area contributed by atoms with Crippen molar-refractivity contribution in [2.75, 3.05) is 7.11 Å². The van der Waals surface area contributed by atoms with Crippen molar-refractivity contribution in [1.29, 1.82) is 0 Å². The Morgan fingerprint density at radius 1 is 1.33 bits per heavy atom. The Morgan fingerprint density at radius 2 is 2.08 bits per heavy atom. The first-order valence-electron chi connectivity index (χ1n) is 3.96. The number of aryl methyl sites for hydroxylation is 1. The van der Waals surface area contributed by atoms with Gasteiger partial charge in [-0.1, -0.05) is 23.8 Å². The van der Waals surface area contributed by atoms with E-state index in [0.29, 0.717) is 6.61 Å². The SMILES string of the molecule is COCc1ccc(C)cc1CO. The summed E-state index contributed by atoms with van der Waals surface area (Å²) in [6.45, 7) is 2.66. The lowest BCUT2D eigenvalue weighted by atomic mass is 10.1. The summed E-state index contributed by atoms with van der Waals surface area (Å²) in [5, 5.41) is 9.01. The van der Waals surface area contributed by atoms with Crippen LogP contribution < -0.4 is 0 Å². The van der Waals surface area contributed by atoms with Crippen LogP contribution in [-0.2, 0) is 18.0 Å². The number of ether oxygens (including phenoxy) is 1. The molecule has 66 valence electrons. The van der Waals surface area contributed by atoms with E-state index in [1.54, 1.807) is 7.11 Å². The van der Waals surface area contributed by atoms with Crippen molar-refractivity contribution in [2.45, 2.75) is 20.1 Å². The fourth-order valence-electron chi connectivity index (χ4n) is 1.20. The highest BCUT2D eigenvalue weighted by Gasteiger charge is 2.00. The summed E-state index contributed by atoms with van der Waals surface area (Å²) in [5.74, 6) is 0. The van der Waals surface area contributed by atoms with E-state index >= 15 is 0 Å². The maximum absolute atomic E-state index is 9.01. The van der Waals surface area contributed by atoms with Gasteiger partial charge in [0.15, 0.2) is 0 Å². The molecule has 1 rings (SSSR count). The van der Waals surface area contributed by atoms with Crippen LogP contribution in [0.3, 0.4) is 0 Å². The fraction of sp³-hybridized carbons (Fsp3) is 0.400. The van der Waals surface area contributed by atoms with Crippen LogP contribution in [-0.4, -0.2) is 12.2 Å². The molecule has 0 saturated heterocycles. The molecule has 0 aliphatic heterocycles. The van der Waals surface area contributed by atoms with E-state index in [2.05, 4.69) is 0 Å². The van der Waals surface area contributed by atoms with Crippen molar-refractivity contribution in [3.05, 3.63) is 34.9 Å². The topological polar surface area (TPSA) is 29.5 Å². The Bertz CT molecular complexity index is 256. The maximum Gasteiger partial charge on any atom is 0.0716 e. The van der Waals surface area contributed by atoms with Crippen LogP contribution in [0.4, 0.5) is 0 Å². The van der Waals surface area contributed by atoms with Crippen molar-refractivity contribution >= 4 is 0 Å². The largest absolute Gasteiger partial charge is 0.392 e. The average molecular weight is 166 g/mol. The molecule has 0 atom stereocenters. The molecule has 0 fully saturated rings. The number of hydrogen-bond donors (Lipinski definition) is 1. The maximum atomic E-state index is 9.01. The third kappa shape index (κ3) is 2.06. The van der Waals surface area contributed by atoms with E-state index in [9.17, 15) is 0 Å². The summed E-state index contributed by atoms with van der Waals surface area (Å²) in [6, 6.07) is 5.99. The number of benzene rings is 1. The number of aliphatic hydroxyl groups is 1. The number of methoxy groups -OCH3 is 1. The van der Waals surface area contributed by atoms with Gasteiger partial charge in [0.1, 0.15) is 0 Å². The third-order valence-corrected chi connectivity index (χ3v) is 1.83. The normalized spacial score (nSPS) is 10.2.